The van der Waals surface area contributed by atoms with Crippen molar-refractivity contribution in [2.24, 2.45) is 10.9 Å². The maximum atomic E-state index is 12.7. The predicted molar refractivity (Wildman–Crippen MR) is 91.6 cm³/mol. The lowest BCUT2D eigenvalue weighted by Crippen LogP contribution is -2.45. The van der Waals surface area contributed by atoms with E-state index in [0.717, 1.165) is 10.8 Å². The minimum absolute atomic E-state index is 0.0302. The molecule has 0 atom stereocenters. The van der Waals surface area contributed by atoms with Crippen molar-refractivity contribution in [3.8, 4) is 0 Å². The van der Waals surface area contributed by atoms with Crippen molar-refractivity contribution >= 4 is 22.4 Å². The standard InChI is InChI=1S/C15H24F3N5S/c1-19-13(20-8-12-9-24-14(22-12)23(2)3)21-11-6-4-10(5-7-11)15(16,17)18/h9-11H,4-8H2,1-3H3,(H2,19,20,21). The van der Waals surface area contributed by atoms with E-state index in [9.17, 15) is 13.2 Å². The van der Waals surface area contributed by atoms with Crippen LogP contribution in [0, 0.1) is 5.92 Å². The molecule has 0 aromatic carbocycles. The first-order chi connectivity index (χ1) is 11.3. The highest BCUT2D eigenvalue weighted by atomic mass is 32.1. The van der Waals surface area contributed by atoms with Gasteiger partial charge in [0.2, 0.25) is 0 Å². The summed E-state index contributed by atoms with van der Waals surface area (Å²) in [6.07, 6.45) is -2.70. The van der Waals surface area contributed by atoms with Gasteiger partial charge in [0.25, 0.3) is 0 Å². The maximum absolute atomic E-state index is 12.7. The minimum atomic E-state index is -4.07. The molecule has 9 heteroatoms. The maximum Gasteiger partial charge on any atom is 0.391 e. The van der Waals surface area contributed by atoms with E-state index in [4.69, 9.17) is 0 Å². The molecule has 1 aliphatic rings. The number of hydrogen-bond acceptors (Lipinski definition) is 4. The zero-order valence-corrected chi connectivity index (χ0v) is 15.0. The second-order valence-electron chi connectivity index (χ2n) is 6.18. The Morgan fingerprint density at radius 2 is 2.00 bits per heavy atom. The van der Waals surface area contributed by atoms with Crippen molar-refractivity contribution in [2.75, 3.05) is 26.0 Å². The van der Waals surface area contributed by atoms with Crippen molar-refractivity contribution < 1.29 is 13.2 Å². The smallest absolute Gasteiger partial charge is 0.354 e. The molecule has 1 aliphatic carbocycles. The number of hydrogen-bond donors (Lipinski definition) is 2. The minimum Gasteiger partial charge on any atom is -0.354 e. The largest absolute Gasteiger partial charge is 0.391 e. The van der Waals surface area contributed by atoms with Crippen LogP contribution < -0.4 is 15.5 Å². The molecule has 1 saturated carbocycles. The van der Waals surface area contributed by atoms with Crippen LogP contribution in [0.3, 0.4) is 0 Å². The van der Waals surface area contributed by atoms with Gasteiger partial charge in [0.1, 0.15) is 0 Å². The lowest BCUT2D eigenvalue weighted by atomic mass is 9.85. The van der Waals surface area contributed by atoms with Gasteiger partial charge in [0, 0.05) is 32.6 Å². The summed E-state index contributed by atoms with van der Waals surface area (Å²) in [5.41, 5.74) is 0.910. The average molecular weight is 363 g/mol. The molecule has 1 heterocycles. The fraction of sp³-hybridized carbons (Fsp3) is 0.733. The van der Waals surface area contributed by atoms with Gasteiger partial charge in [0.15, 0.2) is 11.1 Å². The third-order valence-corrected chi connectivity index (χ3v) is 5.17. The molecule has 2 N–H and O–H groups in total. The normalized spacial score (nSPS) is 22.3. The van der Waals surface area contributed by atoms with E-state index in [1.54, 1.807) is 18.4 Å². The van der Waals surface area contributed by atoms with Gasteiger partial charge in [-0.3, -0.25) is 4.99 Å². The molecule has 1 fully saturated rings. The molecule has 0 amide bonds. The van der Waals surface area contributed by atoms with Gasteiger partial charge in [-0.1, -0.05) is 0 Å². The summed E-state index contributed by atoms with van der Waals surface area (Å²) in [6, 6.07) is 0.0302. The molecule has 0 unspecified atom stereocenters. The van der Waals surface area contributed by atoms with Crippen molar-refractivity contribution in [2.45, 2.75) is 44.4 Å². The second kappa shape index (κ2) is 8.04. The average Bonchev–Trinajstić information content (AvgIpc) is 3.00. The van der Waals surface area contributed by atoms with Gasteiger partial charge in [0.05, 0.1) is 18.2 Å². The fourth-order valence-electron chi connectivity index (χ4n) is 2.71. The molecule has 0 spiro atoms. The van der Waals surface area contributed by atoms with E-state index >= 15 is 0 Å². The van der Waals surface area contributed by atoms with Gasteiger partial charge < -0.3 is 15.5 Å². The van der Waals surface area contributed by atoms with E-state index in [0.29, 0.717) is 25.3 Å². The highest BCUT2D eigenvalue weighted by Crippen LogP contribution is 2.37. The lowest BCUT2D eigenvalue weighted by Gasteiger charge is -2.31. The van der Waals surface area contributed by atoms with E-state index < -0.39 is 12.1 Å². The van der Waals surface area contributed by atoms with Crippen molar-refractivity contribution in [3.63, 3.8) is 0 Å². The molecule has 0 aliphatic heterocycles. The Labute approximate surface area is 144 Å². The van der Waals surface area contributed by atoms with Crippen LogP contribution in [0.15, 0.2) is 10.4 Å². The summed E-state index contributed by atoms with van der Waals surface area (Å²) in [4.78, 5) is 10.6. The number of thiazole rings is 1. The first kappa shape index (κ1) is 18.8. The van der Waals surface area contributed by atoms with E-state index in [1.807, 2.05) is 24.4 Å². The van der Waals surface area contributed by atoms with Crippen LogP contribution >= 0.6 is 11.3 Å². The number of nitrogens with one attached hydrogen (secondary N) is 2. The van der Waals surface area contributed by atoms with Gasteiger partial charge in [-0.25, -0.2) is 4.98 Å². The molecule has 1 aromatic heterocycles. The van der Waals surface area contributed by atoms with Crippen LogP contribution in [0.5, 0.6) is 0 Å². The number of nitrogens with zero attached hydrogens (tertiary/aromatic N) is 3. The molecule has 0 saturated heterocycles. The van der Waals surface area contributed by atoms with Gasteiger partial charge in [-0.15, -0.1) is 11.3 Å². The highest BCUT2D eigenvalue weighted by Gasteiger charge is 2.41. The third-order valence-electron chi connectivity index (χ3n) is 4.11. The first-order valence-corrected chi connectivity index (χ1v) is 8.83. The number of halogens is 3. The Bertz CT molecular complexity index is 548. The Kier molecular flexibility index (Phi) is 6.31. The predicted octanol–water partition coefficient (Wildman–Crippen LogP) is 3.00. The van der Waals surface area contributed by atoms with Crippen LogP contribution in [0.1, 0.15) is 31.4 Å². The van der Waals surface area contributed by atoms with Gasteiger partial charge in [-0.2, -0.15) is 13.2 Å². The molecule has 24 heavy (non-hydrogen) atoms. The van der Waals surface area contributed by atoms with Crippen molar-refractivity contribution in [1.82, 2.24) is 15.6 Å². The number of aliphatic imine (C=N–C) groups is 1. The van der Waals surface area contributed by atoms with E-state index in [-0.39, 0.29) is 18.9 Å². The number of alkyl halides is 3. The molecule has 1 aromatic rings. The molecule has 2 rings (SSSR count). The third kappa shape index (κ3) is 5.25. The van der Waals surface area contributed by atoms with Crippen molar-refractivity contribution in [3.05, 3.63) is 11.1 Å². The molecule has 136 valence electrons. The Morgan fingerprint density at radius 1 is 1.33 bits per heavy atom. The summed E-state index contributed by atoms with van der Waals surface area (Å²) >= 11 is 1.56. The topological polar surface area (TPSA) is 52.6 Å². The van der Waals surface area contributed by atoms with Gasteiger partial charge >= 0.3 is 6.18 Å². The zero-order valence-electron chi connectivity index (χ0n) is 14.2. The summed E-state index contributed by atoms with van der Waals surface area (Å²) in [5, 5.41) is 9.29. The first-order valence-electron chi connectivity index (χ1n) is 7.95. The second-order valence-corrected chi connectivity index (χ2v) is 7.01. The molecule has 0 radical (unpaired) electrons. The van der Waals surface area contributed by atoms with Crippen LogP contribution in [0.2, 0.25) is 0 Å². The molecule has 5 nitrogen and oxygen atoms in total. The SMILES string of the molecule is CN=C(NCc1csc(N(C)C)n1)NC1CCC(C(F)(F)F)CC1. The molecular formula is C15H24F3N5S. The summed E-state index contributed by atoms with van der Waals surface area (Å²) in [6.45, 7) is 0.530. The molecule has 0 bridgehead atoms. The lowest BCUT2D eigenvalue weighted by molar-refractivity contribution is -0.182. The Hall–Kier alpha value is -1.51. The summed E-state index contributed by atoms with van der Waals surface area (Å²) in [5.74, 6) is -0.560. The van der Waals surface area contributed by atoms with Crippen LogP contribution in [0.25, 0.3) is 0 Å². The van der Waals surface area contributed by atoms with Crippen molar-refractivity contribution in [1.29, 1.82) is 0 Å². The monoisotopic (exact) mass is 363 g/mol. The summed E-state index contributed by atoms with van der Waals surface area (Å²) in [7, 11) is 5.53. The fourth-order valence-corrected chi connectivity index (χ4v) is 3.47. The Morgan fingerprint density at radius 3 is 2.50 bits per heavy atom. The van der Waals surface area contributed by atoms with E-state index in [1.165, 1.54) is 0 Å². The Balaban J connectivity index is 1.78. The number of aromatic nitrogens is 1. The molecular weight excluding hydrogens is 339 g/mol. The number of rotatable bonds is 4. The van der Waals surface area contributed by atoms with Crippen LogP contribution in [-0.2, 0) is 6.54 Å². The van der Waals surface area contributed by atoms with Crippen LogP contribution in [-0.4, -0.2) is 44.3 Å². The summed E-state index contributed by atoms with van der Waals surface area (Å²) < 4.78 is 38.1. The van der Waals surface area contributed by atoms with Gasteiger partial charge in [-0.05, 0) is 25.7 Å². The number of anilines is 1. The number of guanidine groups is 1. The zero-order chi connectivity index (χ0) is 17.7. The highest BCUT2D eigenvalue weighted by molar-refractivity contribution is 7.13. The van der Waals surface area contributed by atoms with E-state index in [2.05, 4.69) is 20.6 Å². The van der Waals surface area contributed by atoms with Crippen LogP contribution in [0.4, 0.5) is 18.3 Å². The quantitative estimate of drug-likeness (QED) is 0.638.